The predicted molar refractivity (Wildman–Crippen MR) is 16.2 cm³/mol. The zero-order chi connectivity index (χ0) is 3.41. The first-order chi connectivity index (χ1) is 1.91. The van der Waals surface area contributed by atoms with E-state index in [-0.39, 0.29) is 113 Å². The normalized spacial score (nSPS) is 3.33. The number of hydrogen-bond acceptors (Lipinski definition) is 2. The van der Waals surface area contributed by atoms with Gasteiger partial charge in [-0.3, -0.25) is 0 Å². The van der Waals surface area contributed by atoms with Gasteiger partial charge in [0.25, 0.3) is 0 Å². The van der Waals surface area contributed by atoms with Crippen molar-refractivity contribution in [3.05, 3.63) is 0 Å². The molecule has 0 rings (SSSR count). The molecule has 0 atom stereocenters. The fourth-order valence-corrected chi connectivity index (χ4v) is 0. The average molecular weight is 390 g/mol. The van der Waals surface area contributed by atoms with Crippen LogP contribution in [0.5, 0.6) is 0 Å². The van der Waals surface area contributed by atoms with Crippen molar-refractivity contribution in [1.82, 2.24) is 0 Å². The Balaban J connectivity index is -0.00000000450. The summed E-state index contributed by atoms with van der Waals surface area (Å²) < 4.78 is 0. The molecule has 0 bridgehead atoms. The van der Waals surface area contributed by atoms with Gasteiger partial charge >= 0.3 is 83.5 Å². The van der Waals surface area contributed by atoms with Gasteiger partial charge in [0.05, 0.1) is 13.2 Å². The molecule has 0 aromatic carbocycles. The molecule has 2 N–H and O–H groups in total. The number of rotatable bonds is 1. The third kappa shape index (κ3) is 61.2. The van der Waals surface area contributed by atoms with E-state index in [1.807, 2.05) is 0 Å². The van der Waals surface area contributed by atoms with Crippen LogP contribution in [0.25, 0.3) is 0 Å². The smallest absolute Gasteiger partial charge is 2.00 e. The number of hydrogen-bond donors (Lipinski definition) is 2. The maximum Gasteiger partial charge on any atom is 3.00 e. The van der Waals surface area contributed by atoms with Crippen LogP contribution in [0.4, 0.5) is 0 Å². The van der Waals surface area contributed by atoms with Crippen molar-refractivity contribution < 1.29 is 110 Å². The second-order valence-corrected chi connectivity index (χ2v) is 0.447. The van der Waals surface area contributed by atoms with E-state index in [0.29, 0.717) is 0 Å². The molecule has 0 unspecified atom stereocenters. The Morgan fingerprint density at radius 2 is 0.778 bits per heavy atom. The van der Waals surface area contributed by atoms with E-state index >= 15 is 0 Å². The van der Waals surface area contributed by atoms with Crippen LogP contribution in [0.15, 0.2) is 0 Å². The molecule has 0 spiro atoms. The Bertz CT molecular complexity index is 14.9. The second-order valence-electron chi connectivity index (χ2n) is 0.447. The number of aliphatic hydroxyl groups is 2. The summed E-state index contributed by atoms with van der Waals surface area (Å²) in [6.45, 7) is -0.250. The quantitative estimate of drug-likeness (QED) is 0.572. The molecule has 5 nitrogen and oxygen atoms in total. The summed E-state index contributed by atoms with van der Waals surface area (Å²) in [5, 5.41) is 15.2. The van der Waals surface area contributed by atoms with Crippen molar-refractivity contribution in [2.24, 2.45) is 0 Å². The molecule has 0 fully saturated rings. The molecule has 0 aromatic heterocycles. The monoisotopic (exact) mass is 390 g/mol. The van der Waals surface area contributed by atoms with Crippen molar-refractivity contribution in [3.63, 3.8) is 0 Å². The van der Waals surface area contributed by atoms with Crippen LogP contribution in [-0.2, 0) is 16.4 Å². The first-order valence-electron chi connectivity index (χ1n) is 1.13. The van der Waals surface area contributed by atoms with E-state index in [1.165, 1.54) is 0 Å². The minimum absolute atomic E-state index is 0. The summed E-state index contributed by atoms with van der Waals surface area (Å²) in [5.74, 6) is 0. The van der Waals surface area contributed by atoms with Crippen LogP contribution < -0.4 is 0 Å². The van der Waals surface area contributed by atoms with Gasteiger partial charge in [-0.2, -0.15) is 0 Å². The molecule has 7 heteroatoms. The molecule has 0 saturated carbocycles. The molecule has 52 valence electrons. The SMILES string of the molecule is OCCO.[Ce+3].[Ce+3].[O-2].[O-2].[O-2]. The van der Waals surface area contributed by atoms with Gasteiger partial charge < -0.3 is 26.6 Å². The standard InChI is InChI=1S/C2H6O2.2Ce.3O/c3-1-2-4;;;;;/h3-4H,1-2H2;;;;;/q;2*+3;3*-2. The minimum atomic E-state index is -0.125. The fourth-order valence-electron chi connectivity index (χ4n) is 0. The minimum Gasteiger partial charge on any atom is -2.00 e. The van der Waals surface area contributed by atoms with Gasteiger partial charge in [-0.15, -0.1) is 0 Å². The molecule has 0 amide bonds. The molecule has 9 heavy (non-hydrogen) atoms. The van der Waals surface area contributed by atoms with Crippen LogP contribution in [-0.4, -0.2) is 23.4 Å². The molecular formula is C2H6Ce2O5. The van der Waals surface area contributed by atoms with E-state index in [1.54, 1.807) is 0 Å². The fraction of sp³-hybridized carbons (Fsp3) is 1.00. The van der Waals surface area contributed by atoms with Crippen LogP contribution >= 0.6 is 0 Å². The average Bonchev–Trinajstić information content (AvgIpc) is 1.37. The van der Waals surface area contributed by atoms with Crippen molar-refractivity contribution in [2.75, 3.05) is 13.2 Å². The summed E-state index contributed by atoms with van der Waals surface area (Å²) >= 11 is 0. The third-order valence-corrected chi connectivity index (χ3v) is 0.1000. The maximum absolute atomic E-state index is 7.62. The zero-order valence-corrected chi connectivity index (χ0v) is 10.8. The largest absolute Gasteiger partial charge is 3.00 e. The first-order valence-corrected chi connectivity index (χ1v) is 1.13. The van der Waals surface area contributed by atoms with Gasteiger partial charge in [-0.05, 0) is 0 Å². The Morgan fingerprint density at radius 3 is 0.778 bits per heavy atom. The Kier molecular flexibility index (Phi) is 215. The van der Waals surface area contributed by atoms with Crippen molar-refractivity contribution in [1.29, 1.82) is 0 Å². The van der Waals surface area contributed by atoms with Crippen LogP contribution in [0, 0.1) is 83.5 Å². The van der Waals surface area contributed by atoms with Gasteiger partial charge in [0.1, 0.15) is 0 Å². The van der Waals surface area contributed by atoms with Crippen molar-refractivity contribution in [2.45, 2.75) is 0 Å². The molecule has 0 heterocycles. The molecule has 0 aromatic rings. The first kappa shape index (κ1) is 41.7. The molecule has 0 aliphatic heterocycles. The van der Waals surface area contributed by atoms with Crippen LogP contribution in [0.2, 0.25) is 0 Å². The van der Waals surface area contributed by atoms with Gasteiger partial charge in [0.15, 0.2) is 0 Å². The summed E-state index contributed by atoms with van der Waals surface area (Å²) in [7, 11) is 0. The van der Waals surface area contributed by atoms with E-state index in [0.717, 1.165) is 0 Å². The maximum atomic E-state index is 7.62. The van der Waals surface area contributed by atoms with E-state index in [2.05, 4.69) is 0 Å². The van der Waals surface area contributed by atoms with Crippen molar-refractivity contribution in [3.8, 4) is 0 Å². The topological polar surface area (TPSA) is 126 Å². The van der Waals surface area contributed by atoms with Crippen LogP contribution in [0.1, 0.15) is 0 Å². The van der Waals surface area contributed by atoms with Gasteiger partial charge in [-0.25, -0.2) is 0 Å². The number of aliphatic hydroxyl groups excluding tert-OH is 2. The predicted octanol–water partition coefficient (Wildman–Crippen LogP) is -1.39. The van der Waals surface area contributed by atoms with E-state index in [4.69, 9.17) is 10.2 Å². The molecule has 0 saturated heterocycles. The van der Waals surface area contributed by atoms with Gasteiger partial charge in [0.2, 0.25) is 0 Å². The summed E-state index contributed by atoms with van der Waals surface area (Å²) in [4.78, 5) is 0. The zero-order valence-electron chi connectivity index (χ0n) is 4.53. The Labute approximate surface area is 121 Å². The summed E-state index contributed by atoms with van der Waals surface area (Å²) in [5.41, 5.74) is 0. The summed E-state index contributed by atoms with van der Waals surface area (Å²) in [6.07, 6.45) is 0. The third-order valence-electron chi connectivity index (χ3n) is 0.1000. The van der Waals surface area contributed by atoms with Crippen LogP contribution in [0.3, 0.4) is 0 Å². The summed E-state index contributed by atoms with van der Waals surface area (Å²) in [6, 6.07) is 0. The molecule has 0 aliphatic carbocycles. The van der Waals surface area contributed by atoms with Gasteiger partial charge in [-0.1, -0.05) is 0 Å². The Hall–Kier alpha value is 2.55. The molecule has 2 radical (unpaired) electrons. The second kappa shape index (κ2) is 46.5. The molecular weight excluding hydrogens is 384 g/mol. The Morgan fingerprint density at radius 1 is 0.667 bits per heavy atom. The van der Waals surface area contributed by atoms with E-state index in [9.17, 15) is 0 Å². The van der Waals surface area contributed by atoms with E-state index < -0.39 is 0 Å². The van der Waals surface area contributed by atoms with Crippen molar-refractivity contribution >= 4 is 0 Å². The molecule has 0 aliphatic rings. The van der Waals surface area contributed by atoms with Gasteiger partial charge in [0, 0.05) is 0 Å².